The monoisotopic (exact) mass is 196 g/mol. The van der Waals surface area contributed by atoms with Crippen LogP contribution in [0.5, 0.6) is 0 Å². The molecule has 1 N–H and O–H groups in total. The molecule has 0 aliphatic heterocycles. The van der Waals surface area contributed by atoms with Gasteiger partial charge in [0.15, 0.2) is 0 Å². The van der Waals surface area contributed by atoms with E-state index in [2.05, 4.69) is 26.8 Å². The third kappa shape index (κ3) is 2.84. The highest BCUT2D eigenvalue weighted by molar-refractivity contribution is 5.12. The van der Waals surface area contributed by atoms with Crippen LogP contribution >= 0.6 is 0 Å². The van der Waals surface area contributed by atoms with Gasteiger partial charge in [-0.1, -0.05) is 39.2 Å². The Morgan fingerprint density at radius 3 is 2.21 bits per heavy atom. The highest BCUT2D eigenvalue weighted by atomic mass is 16.3. The molecule has 1 fully saturated rings. The van der Waals surface area contributed by atoms with E-state index in [1.54, 1.807) is 0 Å². The molecule has 1 aliphatic rings. The maximum Gasteiger partial charge on any atom is 0.0775 e. The molecule has 0 unspecified atom stereocenters. The normalized spacial score (nSPS) is 22.8. The van der Waals surface area contributed by atoms with Gasteiger partial charge in [-0.3, -0.25) is 0 Å². The second-order valence-electron chi connectivity index (χ2n) is 4.81. The number of hydrogen-bond donors (Lipinski definition) is 1. The van der Waals surface area contributed by atoms with E-state index in [4.69, 9.17) is 0 Å². The van der Waals surface area contributed by atoms with Crippen molar-refractivity contribution in [3.05, 3.63) is 11.6 Å². The van der Waals surface area contributed by atoms with Crippen LogP contribution in [0.2, 0.25) is 0 Å². The van der Waals surface area contributed by atoms with Crippen LogP contribution in [0.15, 0.2) is 11.6 Å². The first-order valence-electron chi connectivity index (χ1n) is 6.01. The smallest absolute Gasteiger partial charge is 0.0775 e. The van der Waals surface area contributed by atoms with Crippen molar-refractivity contribution < 1.29 is 5.11 Å². The minimum atomic E-state index is -0.219. The third-order valence-corrected chi connectivity index (χ3v) is 3.38. The molecule has 1 rings (SSSR count). The van der Waals surface area contributed by atoms with Crippen molar-refractivity contribution in [2.75, 3.05) is 0 Å². The Labute approximate surface area is 88.2 Å². The lowest BCUT2D eigenvalue weighted by atomic mass is 9.79. The lowest BCUT2D eigenvalue weighted by molar-refractivity contribution is 0.142. The quantitative estimate of drug-likeness (QED) is 0.685. The van der Waals surface area contributed by atoms with E-state index in [9.17, 15) is 5.11 Å². The maximum atomic E-state index is 10.1. The second-order valence-corrected chi connectivity index (χ2v) is 4.81. The van der Waals surface area contributed by atoms with Crippen LogP contribution in [0, 0.1) is 11.8 Å². The summed E-state index contributed by atoms with van der Waals surface area (Å²) in [5.74, 6) is 1.01. The average molecular weight is 196 g/mol. The number of aliphatic hydroxyl groups excluding tert-OH is 1. The fraction of sp³-hybridized carbons (Fsp3) is 0.846. The Morgan fingerprint density at radius 2 is 1.79 bits per heavy atom. The van der Waals surface area contributed by atoms with Gasteiger partial charge in [-0.05, 0) is 37.2 Å². The Hall–Kier alpha value is -0.300. The Morgan fingerprint density at radius 1 is 1.21 bits per heavy atom. The zero-order valence-electron chi connectivity index (χ0n) is 9.79. The van der Waals surface area contributed by atoms with Crippen molar-refractivity contribution in [1.82, 2.24) is 0 Å². The fourth-order valence-corrected chi connectivity index (χ4v) is 2.47. The maximum absolute atomic E-state index is 10.1. The average Bonchev–Trinajstić information content (AvgIpc) is 2.20. The zero-order valence-corrected chi connectivity index (χ0v) is 9.79. The topological polar surface area (TPSA) is 20.2 Å². The van der Waals surface area contributed by atoms with Gasteiger partial charge in [0.05, 0.1) is 6.10 Å². The van der Waals surface area contributed by atoms with Gasteiger partial charge in [-0.15, -0.1) is 0 Å². The number of hydrogen-bond acceptors (Lipinski definition) is 1. The molecule has 1 heteroatoms. The van der Waals surface area contributed by atoms with E-state index in [1.807, 2.05) is 0 Å². The molecular weight excluding hydrogens is 172 g/mol. The third-order valence-electron chi connectivity index (χ3n) is 3.38. The molecule has 0 aromatic rings. The van der Waals surface area contributed by atoms with E-state index >= 15 is 0 Å². The van der Waals surface area contributed by atoms with Gasteiger partial charge in [0.2, 0.25) is 0 Å². The van der Waals surface area contributed by atoms with Crippen LogP contribution < -0.4 is 0 Å². The standard InChI is InChI=1S/C13H24O/c1-4-12(13(14)10(2)3)11-8-6-5-7-9-11/h4,10-11,13-14H,5-9H2,1-3H3/b12-4+/t13-/m0/s1. The molecule has 0 amide bonds. The summed E-state index contributed by atoms with van der Waals surface area (Å²) in [6.07, 6.45) is 8.54. The van der Waals surface area contributed by atoms with Crippen molar-refractivity contribution in [2.45, 2.75) is 59.0 Å². The lowest BCUT2D eigenvalue weighted by Crippen LogP contribution is -2.24. The fourth-order valence-electron chi connectivity index (χ4n) is 2.47. The molecule has 1 saturated carbocycles. The molecule has 0 bridgehead atoms. The number of aliphatic hydroxyl groups is 1. The molecule has 0 heterocycles. The highest BCUT2D eigenvalue weighted by Gasteiger charge is 2.24. The summed E-state index contributed by atoms with van der Waals surface area (Å²) in [4.78, 5) is 0. The molecule has 0 saturated heterocycles. The summed E-state index contributed by atoms with van der Waals surface area (Å²) in [6, 6.07) is 0. The molecule has 0 aromatic carbocycles. The van der Waals surface area contributed by atoms with Crippen LogP contribution in [0.1, 0.15) is 52.9 Å². The summed E-state index contributed by atoms with van der Waals surface area (Å²) in [5, 5.41) is 10.1. The summed E-state index contributed by atoms with van der Waals surface area (Å²) in [5.41, 5.74) is 1.29. The Balaban J connectivity index is 2.61. The van der Waals surface area contributed by atoms with Gasteiger partial charge in [-0.25, -0.2) is 0 Å². The largest absolute Gasteiger partial charge is 0.388 e. The van der Waals surface area contributed by atoms with Crippen LogP contribution in [-0.4, -0.2) is 11.2 Å². The molecule has 1 atom stereocenters. The van der Waals surface area contributed by atoms with E-state index in [0.29, 0.717) is 11.8 Å². The number of allylic oxidation sites excluding steroid dienone is 1. The SMILES string of the molecule is C/C=C(\C1CCCCC1)[C@@H](O)C(C)C. The van der Waals surface area contributed by atoms with E-state index < -0.39 is 0 Å². The van der Waals surface area contributed by atoms with Crippen LogP contribution in [-0.2, 0) is 0 Å². The number of rotatable bonds is 3. The van der Waals surface area contributed by atoms with Gasteiger partial charge < -0.3 is 5.11 Å². The highest BCUT2D eigenvalue weighted by Crippen LogP contribution is 2.32. The van der Waals surface area contributed by atoms with E-state index in [0.717, 1.165) is 0 Å². The molecule has 14 heavy (non-hydrogen) atoms. The lowest BCUT2D eigenvalue weighted by Gasteiger charge is -2.29. The molecule has 0 spiro atoms. The molecule has 0 aromatic heterocycles. The molecule has 1 aliphatic carbocycles. The molecule has 82 valence electrons. The van der Waals surface area contributed by atoms with Gasteiger partial charge in [0.25, 0.3) is 0 Å². The van der Waals surface area contributed by atoms with Crippen molar-refractivity contribution in [3.8, 4) is 0 Å². The summed E-state index contributed by atoms with van der Waals surface area (Å²) in [6.45, 7) is 6.25. The molecule has 0 radical (unpaired) electrons. The first-order valence-corrected chi connectivity index (χ1v) is 6.01. The van der Waals surface area contributed by atoms with Crippen LogP contribution in [0.3, 0.4) is 0 Å². The predicted octanol–water partition coefficient (Wildman–Crippen LogP) is 3.53. The zero-order chi connectivity index (χ0) is 10.6. The van der Waals surface area contributed by atoms with E-state index in [1.165, 1.54) is 37.7 Å². The van der Waals surface area contributed by atoms with Gasteiger partial charge in [0, 0.05) is 0 Å². The summed E-state index contributed by atoms with van der Waals surface area (Å²) in [7, 11) is 0. The first kappa shape index (κ1) is 11.8. The summed E-state index contributed by atoms with van der Waals surface area (Å²) >= 11 is 0. The Kier molecular flexibility index (Phi) is 4.67. The molecular formula is C13H24O. The molecule has 1 nitrogen and oxygen atoms in total. The minimum absolute atomic E-state index is 0.219. The first-order chi connectivity index (χ1) is 6.66. The van der Waals surface area contributed by atoms with E-state index in [-0.39, 0.29) is 6.10 Å². The van der Waals surface area contributed by atoms with Crippen molar-refractivity contribution in [3.63, 3.8) is 0 Å². The summed E-state index contributed by atoms with van der Waals surface area (Å²) < 4.78 is 0. The van der Waals surface area contributed by atoms with Crippen LogP contribution in [0.4, 0.5) is 0 Å². The van der Waals surface area contributed by atoms with Crippen molar-refractivity contribution in [2.24, 2.45) is 11.8 Å². The van der Waals surface area contributed by atoms with Crippen LogP contribution in [0.25, 0.3) is 0 Å². The Bertz CT molecular complexity index is 187. The predicted molar refractivity (Wildman–Crippen MR) is 61.2 cm³/mol. The second kappa shape index (κ2) is 5.55. The van der Waals surface area contributed by atoms with Gasteiger partial charge in [0.1, 0.15) is 0 Å². The van der Waals surface area contributed by atoms with Gasteiger partial charge >= 0.3 is 0 Å². The minimum Gasteiger partial charge on any atom is -0.388 e. The van der Waals surface area contributed by atoms with Gasteiger partial charge in [-0.2, -0.15) is 0 Å². The van der Waals surface area contributed by atoms with Crippen molar-refractivity contribution in [1.29, 1.82) is 0 Å². The van der Waals surface area contributed by atoms with Crippen molar-refractivity contribution >= 4 is 0 Å².